The van der Waals surface area contributed by atoms with Crippen molar-refractivity contribution in [3.05, 3.63) is 35.9 Å². The van der Waals surface area contributed by atoms with Gasteiger partial charge in [0.05, 0.1) is 6.61 Å². The van der Waals surface area contributed by atoms with Crippen molar-refractivity contribution in [1.29, 1.82) is 0 Å². The molecule has 94 valence electrons. The minimum Gasteiger partial charge on any atom is -0.395 e. The van der Waals surface area contributed by atoms with Gasteiger partial charge in [0.2, 0.25) is 0 Å². The molecule has 3 nitrogen and oxygen atoms in total. The van der Waals surface area contributed by atoms with Crippen molar-refractivity contribution in [3.8, 4) is 0 Å². The molecule has 0 spiro atoms. The van der Waals surface area contributed by atoms with E-state index in [4.69, 9.17) is 5.11 Å². The van der Waals surface area contributed by atoms with Crippen LogP contribution in [0.5, 0.6) is 0 Å². The Morgan fingerprint density at radius 2 is 2.12 bits per heavy atom. The summed E-state index contributed by atoms with van der Waals surface area (Å²) in [4.78, 5) is 4.76. The third kappa shape index (κ3) is 3.53. The number of hydrogen-bond acceptors (Lipinski definition) is 3. The molecule has 0 aromatic heterocycles. The van der Waals surface area contributed by atoms with Gasteiger partial charge in [0.15, 0.2) is 0 Å². The lowest BCUT2D eigenvalue weighted by Gasteiger charge is -2.23. The average molecular weight is 234 g/mol. The van der Waals surface area contributed by atoms with Gasteiger partial charge in [0.1, 0.15) is 0 Å². The summed E-state index contributed by atoms with van der Waals surface area (Å²) in [6.07, 6.45) is 1.21. The van der Waals surface area contributed by atoms with E-state index >= 15 is 0 Å². The van der Waals surface area contributed by atoms with Gasteiger partial charge in [-0.1, -0.05) is 30.3 Å². The van der Waals surface area contributed by atoms with Crippen LogP contribution in [0.2, 0.25) is 0 Å². The second-order valence-electron chi connectivity index (χ2n) is 4.87. The quantitative estimate of drug-likeness (QED) is 0.829. The molecule has 1 saturated heterocycles. The highest BCUT2D eigenvalue weighted by Gasteiger charge is 2.25. The van der Waals surface area contributed by atoms with E-state index in [0.29, 0.717) is 6.04 Å². The van der Waals surface area contributed by atoms with Gasteiger partial charge < -0.3 is 5.11 Å². The first-order valence-corrected chi connectivity index (χ1v) is 6.37. The molecule has 1 aromatic rings. The predicted octanol–water partition coefficient (Wildman–Crippen LogP) is 1.18. The van der Waals surface area contributed by atoms with Crippen LogP contribution in [0.4, 0.5) is 0 Å². The molecule has 2 rings (SSSR count). The zero-order valence-corrected chi connectivity index (χ0v) is 10.5. The van der Waals surface area contributed by atoms with Crippen LogP contribution >= 0.6 is 0 Å². The molecule has 0 radical (unpaired) electrons. The number of aliphatic hydroxyl groups excluding tert-OH is 1. The second-order valence-corrected chi connectivity index (χ2v) is 4.87. The van der Waals surface area contributed by atoms with E-state index in [1.807, 2.05) is 0 Å². The van der Waals surface area contributed by atoms with Crippen LogP contribution in [0.15, 0.2) is 30.3 Å². The molecule has 0 amide bonds. The SMILES string of the molecule is CN(CCO)[C@@H]1CCN(Cc2ccccc2)C1. The molecule has 0 unspecified atom stereocenters. The Hall–Kier alpha value is -0.900. The minimum absolute atomic E-state index is 0.256. The van der Waals surface area contributed by atoms with Gasteiger partial charge in [-0.25, -0.2) is 0 Å². The molecular weight excluding hydrogens is 212 g/mol. The van der Waals surface area contributed by atoms with Gasteiger partial charge in [-0.05, 0) is 19.0 Å². The lowest BCUT2D eigenvalue weighted by atomic mass is 10.2. The smallest absolute Gasteiger partial charge is 0.0558 e. The summed E-state index contributed by atoms with van der Waals surface area (Å²) in [5.74, 6) is 0. The Kier molecular flexibility index (Phi) is 4.54. The largest absolute Gasteiger partial charge is 0.395 e. The molecule has 3 heteroatoms. The maximum atomic E-state index is 8.94. The van der Waals surface area contributed by atoms with E-state index in [2.05, 4.69) is 47.2 Å². The molecule has 0 saturated carbocycles. The van der Waals surface area contributed by atoms with Crippen LogP contribution < -0.4 is 0 Å². The highest BCUT2D eigenvalue weighted by molar-refractivity contribution is 5.14. The van der Waals surface area contributed by atoms with Gasteiger partial charge in [-0.2, -0.15) is 0 Å². The van der Waals surface area contributed by atoms with Gasteiger partial charge >= 0.3 is 0 Å². The summed E-state index contributed by atoms with van der Waals surface area (Å²) in [6.45, 7) is 4.36. The number of hydrogen-bond donors (Lipinski definition) is 1. The van der Waals surface area contributed by atoms with Crippen LogP contribution in [0.3, 0.4) is 0 Å². The zero-order chi connectivity index (χ0) is 12.1. The van der Waals surface area contributed by atoms with Gasteiger partial charge in [0.25, 0.3) is 0 Å². The van der Waals surface area contributed by atoms with Crippen LogP contribution in [0.1, 0.15) is 12.0 Å². The van der Waals surface area contributed by atoms with Crippen molar-refractivity contribution >= 4 is 0 Å². The molecule has 1 fully saturated rings. The van der Waals surface area contributed by atoms with Crippen molar-refractivity contribution in [3.63, 3.8) is 0 Å². The first kappa shape index (κ1) is 12.6. The Bertz CT molecular complexity index is 328. The highest BCUT2D eigenvalue weighted by atomic mass is 16.3. The van der Waals surface area contributed by atoms with E-state index in [1.54, 1.807) is 0 Å². The summed E-state index contributed by atoms with van der Waals surface area (Å²) in [6, 6.07) is 11.2. The monoisotopic (exact) mass is 234 g/mol. The molecule has 1 aliphatic rings. The van der Waals surface area contributed by atoms with Crippen molar-refractivity contribution in [2.75, 3.05) is 33.3 Å². The topological polar surface area (TPSA) is 26.7 Å². The maximum absolute atomic E-state index is 8.94. The molecule has 1 N–H and O–H groups in total. The number of aliphatic hydroxyl groups is 1. The number of benzene rings is 1. The van der Waals surface area contributed by atoms with E-state index in [0.717, 1.165) is 26.2 Å². The van der Waals surface area contributed by atoms with Crippen LogP contribution in [0.25, 0.3) is 0 Å². The predicted molar refractivity (Wildman–Crippen MR) is 69.8 cm³/mol. The fourth-order valence-electron chi connectivity index (χ4n) is 2.50. The van der Waals surface area contributed by atoms with Crippen molar-refractivity contribution in [1.82, 2.24) is 9.80 Å². The number of likely N-dealkylation sites (tertiary alicyclic amines) is 1. The maximum Gasteiger partial charge on any atom is 0.0558 e. The summed E-state index contributed by atoms with van der Waals surface area (Å²) < 4.78 is 0. The van der Waals surface area contributed by atoms with Crippen molar-refractivity contribution in [2.45, 2.75) is 19.0 Å². The second kappa shape index (κ2) is 6.15. The molecule has 1 aliphatic heterocycles. The zero-order valence-electron chi connectivity index (χ0n) is 10.5. The van der Waals surface area contributed by atoms with Crippen molar-refractivity contribution < 1.29 is 5.11 Å². The number of nitrogens with zero attached hydrogens (tertiary/aromatic N) is 2. The van der Waals surface area contributed by atoms with Crippen molar-refractivity contribution in [2.24, 2.45) is 0 Å². The van der Waals surface area contributed by atoms with Crippen LogP contribution in [-0.4, -0.2) is 54.2 Å². The van der Waals surface area contributed by atoms with Gasteiger partial charge in [-0.15, -0.1) is 0 Å². The average Bonchev–Trinajstić information content (AvgIpc) is 2.79. The summed E-state index contributed by atoms with van der Waals surface area (Å²) in [5, 5.41) is 8.94. The van der Waals surface area contributed by atoms with E-state index < -0.39 is 0 Å². The Morgan fingerprint density at radius 3 is 2.82 bits per heavy atom. The molecule has 0 aliphatic carbocycles. The van der Waals surface area contributed by atoms with E-state index in [-0.39, 0.29) is 6.61 Å². The summed E-state index contributed by atoms with van der Waals surface area (Å²) in [7, 11) is 2.10. The Morgan fingerprint density at radius 1 is 1.35 bits per heavy atom. The lowest BCUT2D eigenvalue weighted by Crippen LogP contribution is -2.36. The van der Waals surface area contributed by atoms with E-state index in [9.17, 15) is 0 Å². The first-order valence-electron chi connectivity index (χ1n) is 6.37. The van der Waals surface area contributed by atoms with Crippen LogP contribution in [-0.2, 0) is 6.54 Å². The standard InChI is InChI=1S/C14H22N2O/c1-15(9-10-17)14-7-8-16(12-14)11-13-5-3-2-4-6-13/h2-6,14,17H,7-12H2,1H3/t14-/m1/s1. The fourth-order valence-corrected chi connectivity index (χ4v) is 2.50. The summed E-state index contributed by atoms with van der Waals surface area (Å²) >= 11 is 0. The number of likely N-dealkylation sites (N-methyl/N-ethyl adjacent to an activating group) is 1. The lowest BCUT2D eigenvalue weighted by molar-refractivity contribution is 0.177. The summed E-state index contributed by atoms with van der Waals surface area (Å²) in [5.41, 5.74) is 1.39. The molecule has 0 bridgehead atoms. The van der Waals surface area contributed by atoms with Crippen LogP contribution in [0, 0.1) is 0 Å². The van der Waals surface area contributed by atoms with E-state index in [1.165, 1.54) is 12.0 Å². The highest BCUT2D eigenvalue weighted by Crippen LogP contribution is 2.16. The normalized spacial score (nSPS) is 21.2. The molecule has 1 heterocycles. The number of rotatable bonds is 5. The van der Waals surface area contributed by atoms with Gasteiger partial charge in [0, 0.05) is 32.2 Å². The third-order valence-electron chi connectivity index (χ3n) is 3.57. The van der Waals surface area contributed by atoms with Gasteiger partial charge in [-0.3, -0.25) is 9.80 Å². The molecule has 17 heavy (non-hydrogen) atoms. The molecule has 1 atom stereocenters. The third-order valence-corrected chi connectivity index (χ3v) is 3.57. The Labute approximate surface area is 104 Å². The first-order chi connectivity index (χ1) is 8.29. The minimum atomic E-state index is 0.256. The fraction of sp³-hybridized carbons (Fsp3) is 0.571. The Balaban J connectivity index is 1.82. The molecule has 1 aromatic carbocycles. The molecular formula is C14H22N2O.